The highest BCUT2D eigenvalue weighted by atomic mass is 35.5. The Morgan fingerprint density at radius 1 is 1.12 bits per heavy atom. The van der Waals surface area contributed by atoms with Gasteiger partial charge in [-0.2, -0.15) is 0 Å². The minimum atomic E-state index is -0.977. The fraction of sp³-hybridized carbons (Fsp3) is 0. The lowest BCUT2D eigenvalue weighted by Crippen LogP contribution is -1.96. The summed E-state index contributed by atoms with van der Waals surface area (Å²) in [4.78, 5) is 14.7. The van der Waals surface area contributed by atoms with Crippen molar-refractivity contribution in [2.45, 2.75) is 0 Å². The van der Waals surface area contributed by atoms with E-state index in [1.54, 1.807) is 18.2 Å². The van der Waals surface area contributed by atoms with E-state index >= 15 is 0 Å². The first-order chi connectivity index (χ1) is 7.66. The number of aromatic nitrogens is 1. The third-order valence-corrected chi connectivity index (χ3v) is 2.40. The summed E-state index contributed by atoms with van der Waals surface area (Å²) in [6.07, 6.45) is 1.34. The van der Waals surface area contributed by atoms with Gasteiger partial charge in [-0.1, -0.05) is 23.7 Å². The molecule has 0 aliphatic rings. The minimum Gasteiger partial charge on any atom is -0.478 e. The quantitative estimate of drug-likeness (QED) is 0.908. The van der Waals surface area contributed by atoms with Crippen molar-refractivity contribution in [2.24, 2.45) is 0 Å². The third-order valence-electron chi connectivity index (χ3n) is 2.15. The van der Waals surface area contributed by atoms with Gasteiger partial charge in [0.1, 0.15) is 0 Å². The molecule has 0 aliphatic heterocycles. The summed E-state index contributed by atoms with van der Waals surface area (Å²) in [6.45, 7) is 0. The molecule has 5 heteroatoms. The van der Waals surface area contributed by atoms with Crippen LogP contribution in [-0.4, -0.2) is 16.1 Å². The van der Waals surface area contributed by atoms with E-state index in [1.165, 1.54) is 12.3 Å². The summed E-state index contributed by atoms with van der Waals surface area (Å²) in [5, 5.41) is 9.38. The first kappa shape index (κ1) is 13.5. The van der Waals surface area contributed by atoms with Crippen LogP contribution in [-0.2, 0) is 0 Å². The van der Waals surface area contributed by atoms with Crippen molar-refractivity contribution < 1.29 is 9.90 Å². The number of aromatic carboxylic acids is 1. The molecule has 2 rings (SSSR count). The van der Waals surface area contributed by atoms with Crippen LogP contribution in [0.1, 0.15) is 10.4 Å². The van der Waals surface area contributed by atoms with E-state index in [9.17, 15) is 4.79 Å². The number of carboxylic acid groups (broad SMARTS) is 1. The Labute approximate surface area is 109 Å². The molecule has 0 bridgehead atoms. The number of carboxylic acids is 1. The predicted octanol–water partition coefficient (Wildman–Crippen LogP) is 3.52. The van der Waals surface area contributed by atoms with Crippen LogP contribution in [0, 0.1) is 0 Å². The van der Waals surface area contributed by atoms with E-state index in [0.29, 0.717) is 5.02 Å². The van der Waals surface area contributed by atoms with Crippen molar-refractivity contribution in [1.29, 1.82) is 0 Å². The highest BCUT2D eigenvalue weighted by Gasteiger charge is 2.04. The van der Waals surface area contributed by atoms with E-state index in [1.807, 2.05) is 12.1 Å². The van der Waals surface area contributed by atoms with Gasteiger partial charge in [0.05, 0.1) is 11.3 Å². The molecule has 0 saturated heterocycles. The maximum atomic E-state index is 10.6. The zero-order chi connectivity index (χ0) is 11.5. The molecule has 0 atom stereocenters. The Kier molecular flexibility index (Phi) is 4.49. The fourth-order valence-electron chi connectivity index (χ4n) is 1.31. The first-order valence-electron chi connectivity index (χ1n) is 4.62. The van der Waals surface area contributed by atoms with Gasteiger partial charge in [-0.3, -0.25) is 4.98 Å². The summed E-state index contributed by atoms with van der Waals surface area (Å²) in [5.74, 6) is -0.977. The third kappa shape index (κ3) is 3.19. The zero-order valence-corrected chi connectivity index (χ0v) is 10.2. The molecule has 1 aromatic heterocycles. The maximum Gasteiger partial charge on any atom is 0.337 e. The van der Waals surface area contributed by atoms with E-state index in [2.05, 4.69) is 4.98 Å². The first-order valence-corrected chi connectivity index (χ1v) is 5.00. The van der Waals surface area contributed by atoms with Crippen LogP contribution < -0.4 is 0 Å². The molecule has 0 amide bonds. The Morgan fingerprint density at radius 3 is 2.24 bits per heavy atom. The van der Waals surface area contributed by atoms with Crippen molar-refractivity contribution in [2.75, 3.05) is 0 Å². The normalized spacial score (nSPS) is 9.47. The molecule has 88 valence electrons. The van der Waals surface area contributed by atoms with Crippen molar-refractivity contribution in [3.05, 3.63) is 53.2 Å². The second-order valence-electron chi connectivity index (χ2n) is 3.24. The molecule has 0 radical (unpaired) electrons. The number of pyridine rings is 1. The summed E-state index contributed by atoms with van der Waals surface area (Å²) in [6, 6.07) is 10.4. The van der Waals surface area contributed by atoms with Gasteiger partial charge in [0.25, 0.3) is 0 Å². The lowest BCUT2D eigenvalue weighted by Gasteiger charge is -2.01. The van der Waals surface area contributed by atoms with Gasteiger partial charge in [0, 0.05) is 16.8 Å². The lowest BCUT2D eigenvalue weighted by molar-refractivity contribution is 0.0696. The van der Waals surface area contributed by atoms with E-state index in [-0.39, 0.29) is 18.0 Å². The largest absolute Gasteiger partial charge is 0.478 e. The SMILES string of the molecule is Cl.O=C(O)c1ccc(-c2ccc(Cl)cc2)nc1. The highest BCUT2D eigenvalue weighted by Crippen LogP contribution is 2.19. The van der Waals surface area contributed by atoms with Crippen LogP contribution >= 0.6 is 24.0 Å². The van der Waals surface area contributed by atoms with Crippen LogP contribution in [0.15, 0.2) is 42.6 Å². The molecular formula is C12H9Cl2NO2. The molecule has 0 saturated carbocycles. The number of benzene rings is 1. The molecule has 17 heavy (non-hydrogen) atoms. The van der Waals surface area contributed by atoms with Crippen LogP contribution in [0.5, 0.6) is 0 Å². The molecule has 1 heterocycles. The van der Waals surface area contributed by atoms with Gasteiger partial charge in [0.15, 0.2) is 0 Å². The number of halogens is 2. The van der Waals surface area contributed by atoms with Crippen molar-refractivity contribution in [1.82, 2.24) is 4.98 Å². The van der Waals surface area contributed by atoms with E-state index in [0.717, 1.165) is 11.3 Å². The average Bonchev–Trinajstić information content (AvgIpc) is 2.30. The number of rotatable bonds is 2. The Bertz CT molecular complexity index is 509. The van der Waals surface area contributed by atoms with E-state index in [4.69, 9.17) is 16.7 Å². The molecule has 1 N–H and O–H groups in total. The molecule has 3 nitrogen and oxygen atoms in total. The summed E-state index contributed by atoms with van der Waals surface area (Å²) in [5.41, 5.74) is 1.81. The Morgan fingerprint density at radius 2 is 1.76 bits per heavy atom. The van der Waals surface area contributed by atoms with Crippen LogP contribution in [0.25, 0.3) is 11.3 Å². The van der Waals surface area contributed by atoms with Gasteiger partial charge < -0.3 is 5.11 Å². The van der Waals surface area contributed by atoms with Crippen LogP contribution in [0.3, 0.4) is 0 Å². The average molecular weight is 270 g/mol. The number of hydrogen-bond acceptors (Lipinski definition) is 2. The molecule has 0 spiro atoms. The maximum absolute atomic E-state index is 10.6. The second kappa shape index (κ2) is 5.66. The topological polar surface area (TPSA) is 50.2 Å². The molecule has 1 aromatic carbocycles. The summed E-state index contributed by atoms with van der Waals surface area (Å²) in [7, 11) is 0. The van der Waals surface area contributed by atoms with Gasteiger partial charge in [0.2, 0.25) is 0 Å². The highest BCUT2D eigenvalue weighted by molar-refractivity contribution is 6.30. The van der Waals surface area contributed by atoms with E-state index < -0.39 is 5.97 Å². The molecule has 0 fully saturated rings. The van der Waals surface area contributed by atoms with Gasteiger partial charge in [-0.15, -0.1) is 12.4 Å². The number of carbonyl (C=O) groups is 1. The summed E-state index contributed by atoms with van der Waals surface area (Å²) < 4.78 is 0. The summed E-state index contributed by atoms with van der Waals surface area (Å²) >= 11 is 5.77. The predicted molar refractivity (Wildman–Crippen MR) is 68.9 cm³/mol. The van der Waals surface area contributed by atoms with Crippen molar-refractivity contribution in [3.63, 3.8) is 0 Å². The van der Waals surface area contributed by atoms with Crippen molar-refractivity contribution >= 4 is 30.0 Å². The van der Waals surface area contributed by atoms with Gasteiger partial charge in [-0.05, 0) is 24.3 Å². The molecule has 0 aliphatic carbocycles. The lowest BCUT2D eigenvalue weighted by atomic mass is 10.1. The van der Waals surface area contributed by atoms with Gasteiger partial charge >= 0.3 is 5.97 Å². The van der Waals surface area contributed by atoms with Crippen LogP contribution in [0.4, 0.5) is 0 Å². The Hall–Kier alpha value is -1.58. The number of hydrogen-bond donors (Lipinski definition) is 1. The monoisotopic (exact) mass is 269 g/mol. The van der Waals surface area contributed by atoms with Crippen LogP contribution in [0.2, 0.25) is 5.02 Å². The van der Waals surface area contributed by atoms with Gasteiger partial charge in [-0.25, -0.2) is 4.79 Å². The smallest absolute Gasteiger partial charge is 0.337 e. The Balaban J connectivity index is 0.00000144. The minimum absolute atomic E-state index is 0. The fourth-order valence-corrected chi connectivity index (χ4v) is 1.44. The standard InChI is InChI=1S/C12H8ClNO2.ClH/c13-10-4-1-8(2-5-10)11-6-3-9(7-14-11)12(15)16;/h1-7H,(H,15,16);1H. The second-order valence-corrected chi connectivity index (χ2v) is 3.68. The molecule has 0 unspecified atom stereocenters. The molecular weight excluding hydrogens is 261 g/mol. The van der Waals surface area contributed by atoms with Crippen molar-refractivity contribution in [3.8, 4) is 11.3 Å². The zero-order valence-electron chi connectivity index (χ0n) is 8.63. The molecule has 2 aromatic rings. The number of nitrogens with zero attached hydrogens (tertiary/aromatic N) is 1.